The molecule has 1 saturated carbocycles. The smallest absolute Gasteiger partial charge is 0.248 e. The number of hydrogen-bond donors (Lipinski definition) is 3. The minimum Gasteiger partial charge on any atom is -0.491 e. The molecule has 2 saturated heterocycles. The van der Waals surface area contributed by atoms with Crippen LogP contribution in [0.25, 0.3) is 10.9 Å². The van der Waals surface area contributed by atoms with Crippen LogP contribution < -0.4 is 15.5 Å². The van der Waals surface area contributed by atoms with Crippen molar-refractivity contribution in [2.24, 2.45) is 0 Å². The van der Waals surface area contributed by atoms with Crippen molar-refractivity contribution in [2.75, 3.05) is 32.8 Å². The summed E-state index contributed by atoms with van der Waals surface area (Å²) in [5.41, 5.74) is 0.530. The Morgan fingerprint density at radius 3 is 2.63 bits per heavy atom. The van der Waals surface area contributed by atoms with E-state index in [1.165, 1.54) is 16.6 Å². The Labute approximate surface area is 251 Å². The maximum Gasteiger partial charge on any atom is 0.248 e. The van der Waals surface area contributed by atoms with Crippen molar-refractivity contribution in [1.29, 1.82) is 0 Å². The summed E-state index contributed by atoms with van der Waals surface area (Å²) in [6.07, 6.45) is 3.52. The Bertz CT molecular complexity index is 1780. The van der Waals surface area contributed by atoms with Crippen LogP contribution in [0, 0.1) is 6.92 Å². The number of aryl methyl sites for hydroxylation is 1. The van der Waals surface area contributed by atoms with Crippen LogP contribution in [0.2, 0.25) is 0 Å². The van der Waals surface area contributed by atoms with Crippen LogP contribution in [-0.4, -0.2) is 87.1 Å². The van der Waals surface area contributed by atoms with Gasteiger partial charge in [0, 0.05) is 37.3 Å². The Morgan fingerprint density at radius 2 is 1.88 bits per heavy atom. The first-order chi connectivity index (χ1) is 20.5. The number of benzene rings is 2. The fourth-order valence-electron chi connectivity index (χ4n) is 6.04. The quantitative estimate of drug-likeness (QED) is 0.305. The highest BCUT2D eigenvalue weighted by Crippen LogP contribution is 2.37. The number of H-pyrrole nitrogens is 1. The van der Waals surface area contributed by atoms with Gasteiger partial charge in [-0.15, -0.1) is 0 Å². The van der Waals surface area contributed by atoms with E-state index in [-0.39, 0.29) is 47.3 Å². The molecule has 2 aromatic carbocycles. The third kappa shape index (κ3) is 6.11. The van der Waals surface area contributed by atoms with E-state index in [1.54, 1.807) is 30.3 Å². The van der Waals surface area contributed by atoms with Gasteiger partial charge in [0.1, 0.15) is 23.4 Å². The zero-order valence-corrected chi connectivity index (χ0v) is 25.6. The Kier molecular flexibility index (Phi) is 8.16. The molecule has 0 amide bonds. The molecule has 1 unspecified atom stereocenters. The zero-order valence-electron chi connectivity index (χ0n) is 24.0. The first-order valence-electron chi connectivity index (χ1n) is 14.6. The first-order valence-corrected chi connectivity index (χ1v) is 17.6. The van der Waals surface area contributed by atoms with Gasteiger partial charge in [0.25, 0.3) is 0 Å². The van der Waals surface area contributed by atoms with Gasteiger partial charge in [-0.3, -0.25) is 4.79 Å². The summed E-state index contributed by atoms with van der Waals surface area (Å²) < 4.78 is 65.0. The van der Waals surface area contributed by atoms with Crippen molar-refractivity contribution in [3.8, 4) is 5.75 Å². The molecule has 2 atom stereocenters. The summed E-state index contributed by atoms with van der Waals surface area (Å²) in [7, 11) is -7.30. The fraction of sp³-hybridized carbons (Fsp3) is 0.500. The molecule has 1 spiro atoms. The first kappa shape index (κ1) is 30.2. The number of hydrogen-bond acceptors (Lipinski definition) is 9. The van der Waals surface area contributed by atoms with Gasteiger partial charge in [0.05, 0.1) is 27.9 Å². The number of rotatable bonds is 10. The maximum atomic E-state index is 13.4. The predicted molar refractivity (Wildman–Crippen MR) is 161 cm³/mol. The number of nitrogens with one attached hydrogen (secondary N) is 2. The number of aliphatic hydroxyl groups is 1. The lowest BCUT2D eigenvalue weighted by atomic mass is 9.88. The fourth-order valence-corrected chi connectivity index (χ4v) is 9.22. The molecule has 13 heteroatoms. The molecule has 43 heavy (non-hydrogen) atoms. The Morgan fingerprint density at radius 1 is 1.14 bits per heavy atom. The summed E-state index contributed by atoms with van der Waals surface area (Å²) in [4.78, 5) is 16.1. The molecule has 3 aliphatic rings. The molecule has 11 nitrogen and oxygen atoms in total. The SMILES string of the molecule is Cc1cccc2c(=O)c(S(=O)(=O)N3CCC4(CC3)C[C@@H](NCC(O)COc3cccc(S(=O)(=O)C5CC5)c3)CO4)c[nH]c12. The van der Waals surface area contributed by atoms with Gasteiger partial charge >= 0.3 is 0 Å². The number of aliphatic hydroxyl groups excluding tert-OH is 1. The van der Waals surface area contributed by atoms with E-state index < -0.39 is 37.0 Å². The van der Waals surface area contributed by atoms with E-state index in [0.717, 1.165) is 5.56 Å². The third-order valence-corrected chi connectivity index (χ3v) is 12.9. The van der Waals surface area contributed by atoms with Crippen LogP contribution in [0.3, 0.4) is 0 Å². The average Bonchev–Trinajstić information content (AvgIpc) is 3.79. The highest BCUT2D eigenvalue weighted by atomic mass is 32.2. The number of sulfone groups is 1. The number of ether oxygens (including phenoxy) is 2. The molecule has 0 radical (unpaired) electrons. The highest BCUT2D eigenvalue weighted by molar-refractivity contribution is 7.92. The molecule has 2 aliphatic heterocycles. The van der Waals surface area contributed by atoms with Crippen molar-refractivity contribution in [3.63, 3.8) is 0 Å². The van der Waals surface area contributed by atoms with E-state index in [2.05, 4.69) is 10.3 Å². The lowest BCUT2D eigenvalue weighted by molar-refractivity contribution is -0.0312. The van der Waals surface area contributed by atoms with Crippen molar-refractivity contribution in [1.82, 2.24) is 14.6 Å². The molecule has 1 aromatic heterocycles. The number of aromatic nitrogens is 1. The summed E-state index contributed by atoms with van der Waals surface area (Å²) in [6.45, 7) is 3.04. The topological polar surface area (TPSA) is 155 Å². The van der Waals surface area contributed by atoms with Crippen LogP contribution in [0.4, 0.5) is 0 Å². The van der Waals surface area contributed by atoms with E-state index in [1.807, 2.05) is 13.0 Å². The van der Waals surface area contributed by atoms with Crippen LogP contribution in [0.5, 0.6) is 5.75 Å². The van der Waals surface area contributed by atoms with E-state index in [0.29, 0.717) is 55.4 Å². The summed E-state index contributed by atoms with van der Waals surface area (Å²) >= 11 is 0. The molecule has 1 aliphatic carbocycles. The Hall–Kier alpha value is -2.81. The van der Waals surface area contributed by atoms with Crippen molar-refractivity contribution in [3.05, 3.63) is 64.4 Å². The number of pyridine rings is 1. The van der Waals surface area contributed by atoms with Gasteiger partial charge in [-0.25, -0.2) is 16.8 Å². The molecular weight excluding hydrogens is 594 g/mol. The highest BCUT2D eigenvalue weighted by Gasteiger charge is 2.45. The zero-order chi connectivity index (χ0) is 30.4. The standard InChI is InChI=1S/C30H37N3O8S2/c1-20-4-2-7-26-28(20)32-17-27(29(26)35)43(38,39)33-12-10-30(11-13-33)15-21(18-41-30)31-16-22(34)19-40-23-5-3-6-25(14-23)42(36,37)24-8-9-24/h2-7,14,17,21-22,24,31,34H,8-13,15-16,18-19H2,1H3,(H,32,35)/t21-,22?/m1/s1. The molecule has 3 aromatic rings. The number of piperidine rings is 1. The minimum atomic E-state index is -3.98. The lowest BCUT2D eigenvalue weighted by Crippen LogP contribution is -2.47. The second-order valence-electron chi connectivity index (χ2n) is 11.9. The maximum absolute atomic E-state index is 13.4. The number of fused-ring (bicyclic) bond motifs is 1. The number of para-hydroxylation sites is 1. The number of nitrogens with zero attached hydrogens (tertiary/aromatic N) is 1. The summed E-state index contributed by atoms with van der Waals surface area (Å²) in [5.74, 6) is 0.395. The minimum absolute atomic E-state index is 0.00105. The van der Waals surface area contributed by atoms with Crippen LogP contribution in [0.15, 0.2) is 63.2 Å². The number of aromatic amines is 1. The third-order valence-electron chi connectivity index (χ3n) is 8.73. The molecule has 3 fully saturated rings. The van der Waals surface area contributed by atoms with Crippen LogP contribution in [-0.2, 0) is 24.6 Å². The van der Waals surface area contributed by atoms with Gasteiger partial charge in [-0.1, -0.05) is 18.2 Å². The average molecular weight is 632 g/mol. The molecular formula is C30H37N3O8S2. The number of sulfonamides is 1. The lowest BCUT2D eigenvalue weighted by Gasteiger charge is -2.37. The van der Waals surface area contributed by atoms with E-state index >= 15 is 0 Å². The summed E-state index contributed by atoms with van der Waals surface area (Å²) in [6, 6.07) is 11.6. The monoisotopic (exact) mass is 631 g/mol. The molecule has 3 heterocycles. The van der Waals surface area contributed by atoms with Crippen LogP contribution in [0.1, 0.15) is 37.7 Å². The molecule has 0 bridgehead atoms. The van der Waals surface area contributed by atoms with Gasteiger partial charge in [0.2, 0.25) is 15.5 Å². The Balaban J connectivity index is 0.994. The molecule has 232 valence electrons. The van der Waals surface area contributed by atoms with Crippen LogP contribution >= 0.6 is 0 Å². The van der Waals surface area contributed by atoms with Gasteiger partial charge in [-0.2, -0.15) is 4.31 Å². The van der Waals surface area contributed by atoms with Gasteiger partial charge in [0.15, 0.2) is 9.84 Å². The van der Waals surface area contributed by atoms with Gasteiger partial charge in [-0.05, 0) is 68.9 Å². The van der Waals surface area contributed by atoms with Crippen molar-refractivity contribution in [2.45, 2.75) is 71.8 Å². The molecule has 6 rings (SSSR count). The molecule has 3 N–H and O–H groups in total. The predicted octanol–water partition coefficient (Wildman–Crippen LogP) is 2.11. The summed E-state index contributed by atoms with van der Waals surface area (Å²) in [5, 5.41) is 13.9. The second kappa shape index (κ2) is 11.6. The van der Waals surface area contributed by atoms with Crippen molar-refractivity contribution < 1.29 is 31.4 Å². The second-order valence-corrected chi connectivity index (χ2v) is 16.0. The van der Waals surface area contributed by atoms with E-state index in [9.17, 15) is 26.7 Å². The largest absolute Gasteiger partial charge is 0.491 e. The van der Waals surface area contributed by atoms with Crippen molar-refractivity contribution >= 4 is 30.8 Å². The normalized spacial score (nSPS) is 21.8. The van der Waals surface area contributed by atoms with E-state index in [4.69, 9.17) is 9.47 Å². The van der Waals surface area contributed by atoms with Gasteiger partial charge < -0.3 is 24.9 Å².